The van der Waals surface area contributed by atoms with E-state index in [9.17, 15) is 9.59 Å². The monoisotopic (exact) mass is 356 g/mol. The number of aryl methyl sites for hydroxylation is 2. The average Bonchev–Trinajstić information content (AvgIpc) is 2.75. The highest BCUT2D eigenvalue weighted by molar-refractivity contribution is 9.10. The van der Waals surface area contributed by atoms with Gasteiger partial charge in [0.25, 0.3) is 0 Å². The number of amides is 2. The number of carbonyl (C=O) groups is 2. The van der Waals surface area contributed by atoms with E-state index in [0.717, 1.165) is 28.8 Å². The van der Waals surface area contributed by atoms with Crippen molar-refractivity contribution in [2.45, 2.75) is 52.7 Å². The number of imide groups is 1. The summed E-state index contributed by atoms with van der Waals surface area (Å²) in [4.78, 5) is 25.5. The molecule has 1 aliphatic rings. The fourth-order valence-corrected chi connectivity index (χ4v) is 3.38. The van der Waals surface area contributed by atoms with Crippen LogP contribution in [0.25, 0.3) is 0 Å². The summed E-state index contributed by atoms with van der Waals surface area (Å²) >= 11 is 3.61. The van der Waals surface area contributed by atoms with Crippen LogP contribution in [-0.4, -0.2) is 39.1 Å². The lowest BCUT2D eigenvalue weighted by Gasteiger charge is -2.33. The Balaban J connectivity index is 2.29. The Morgan fingerprint density at radius 2 is 2.05 bits per heavy atom. The highest BCUT2D eigenvalue weighted by atomic mass is 79.9. The van der Waals surface area contributed by atoms with E-state index in [1.165, 1.54) is 0 Å². The predicted octanol–water partition coefficient (Wildman–Crippen LogP) is 1.46. The van der Waals surface area contributed by atoms with Crippen LogP contribution in [0.1, 0.15) is 38.6 Å². The lowest BCUT2D eigenvalue weighted by molar-refractivity contribution is -0.140. The van der Waals surface area contributed by atoms with E-state index >= 15 is 0 Å². The maximum atomic E-state index is 11.9. The van der Waals surface area contributed by atoms with Gasteiger partial charge >= 0.3 is 0 Å². The number of halogens is 1. The Kier molecular flexibility index (Phi) is 5.16. The van der Waals surface area contributed by atoms with Gasteiger partial charge in [0.2, 0.25) is 11.8 Å². The van der Waals surface area contributed by atoms with Gasteiger partial charge in [0.15, 0.2) is 0 Å². The molecule has 1 aliphatic heterocycles. The Labute approximate surface area is 133 Å². The van der Waals surface area contributed by atoms with Gasteiger partial charge in [-0.25, -0.2) is 0 Å². The lowest BCUT2D eigenvalue weighted by Crippen LogP contribution is -2.57. The van der Waals surface area contributed by atoms with Crippen LogP contribution >= 0.6 is 15.9 Å². The topological polar surface area (TPSA) is 67.2 Å². The van der Waals surface area contributed by atoms with Gasteiger partial charge in [-0.15, -0.1) is 0 Å². The molecule has 116 valence electrons. The Morgan fingerprint density at radius 3 is 2.62 bits per heavy atom. The first-order chi connectivity index (χ1) is 10.0. The van der Waals surface area contributed by atoms with Crippen LogP contribution in [0.15, 0.2) is 4.47 Å². The summed E-state index contributed by atoms with van der Waals surface area (Å²) in [6, 6.07) is -0.264. The van der Waals surface area contributed by atoms with Crippen LogP contribution in [0.3, 0.4) is 0 Å². The summed E-state index contributed by atoms with van der Waals surface area (Å²) in [5, 5.41) is 6.96. The summed E-state index contributed by atoms with van der Waals surface area (Å²) in [7, 11) is 0. The number of hydrogen-bond donors (Lipinski definition) is 1. The van der Waals surface area contributed by atoms with Crippen molar-refractivity contribution in [1.29, 1.82) is 0 Å². The first-order valence-corrected chi connectivity index (χ1v) is 8.12. The number of piperazine rings is 1. The molecule has 0 bridgehead atoms. The molecule has 0 spiro atoms. The van der Waals surface area contributed by atoms with E-state index in [1.807, 2.05) is 23.4 Å². The molecular formula is C14H21BrN4O2. The Hall–Kier alpha value is -1.21. The molecule has 1 saturated heterocycles. The maximum Gasteiger partial charge on any atom is 0.243 e. The highest BCUT2D eigenvalue weighted by Gasteiger charge is 2.33. The summed E-state index contributed by atoms with van der Waals surface area (Å²) < 4.78 is 2.92. The molecule has 1 N–H and O–H groups in total. The molecule has 2 amide bonds. The Morgan fingerprint density at radius 1 is 1.33 bits per heavy atom. The third kappa shape index (κ3) is 3.18. The van der Waals surface area contributed by atoms with E-state index in [4.69, 9.17) is 0 Å². The van der Waals surface area contributed by atoms with Gasteiger partial charge in [-0.1, -0.05) is 13.8 Å². The first-order valence-electron chi connectivity index (χ1n) is 7.33. The van der Waals surface area contributed by atoms with E-state index in [2.05, 4.69) is 33.3 Å². The summed E-state index contributed by atoms with van der Waals surface area (Å²) in [5.74, 6) is -0.442. The van der Waals surface area contributed by atoms with Crippen LogP contribution in [0.4, 0.5) is 0 Å². The minimum Gasteiger partial charge on any atom is -0.294 e. The third-order valence-electron chi connectivity index (χ3n) is 3.79. The molecule has 1 fully saturated rings. The van der Waals surface area contributed by atoms with Gasteiger partial charge in [-0.3, -0.25) is 24.5 Å². The zero-order chi connectivity index (χ0) is 15.6. The molecule has 1 atom stereocenters. The molecule has 7 heteroatoms. The number of hydrogen-bond acceptors (Lipinski definition) is 4. The van der Waals surface area contributed by atoms with Gasteiger partial charge < -0.3 is 0 Å². The summed E-state index contributed by atoms with van der Waals surface area (Å²) in [6.07, 6.45) is 1.52. The third-order valence-corrected chi connectivity index (χ3v) is 4.70. The number of nitrogens with one attached hydrogen (secondary N) is 1. The van der Waals surface area contributed by atoms with Gasteiger partial charge in [0.1, 0.15) is 0 Å². The minimum absolute atomic E-state index is 0.205. The van der Waals surface area contributed by atoms with E-state index in [1.54, 1.807) is 0 Å². The first kappa shape index (κ1) is 16.2. The smallest absolute Gasteiger partial charge is 0.243 e. The van der Waals surface area contributed by atoms with Gasteiger partial charge in [0, 0.05) is 13.1 Å². The van der Waals surface area contributed by atoms with E-state index < -0.39 is 0 Å². The predicted molar refractivity (Wildman–Crippen MR) is 82.6 cm³/mol. The molecule has 1 unspecified atom stereocenters. The zero-order valence-corrected chi connectivity index (χ0v) is 14.2. The Bertz CT molecular complexity index is 555. The van der Waals surface area contributed by atoms with Crippen LogP contribution in [0.2, 0.25) is 0 Å². The second kappa shape index (κ2) is 6.70. The van der Waals surface area contributed by atoms with Crippen molar-refractivity contribution in [2.24, 2.45) is 0 Å². The SMILES string of the molecule is CCc1nn(CC)c(CN2CC(=O)NC(=O)C2CC)c1Br. The van der Waals surface area contributed by atoms with Crippen molar-refractivity contribution in [2.75, 3.05) is 6.54 Å². The lowest BCUT2D eigenvalue weighted by atomic mass is 10.1. The molecule has 1 aromatic heterocycles. The van der Waals surface area contributed by atoms with Crippen molar-refractivity contribution in [3.05, 3.63) is 15.9 Å². The number of nitrogens with zero attached hydrogens (tertiary/aromatic N) is 3. The molecule has 1 aromatic rings. The molecule has 2 rings (SSSR count). The largest absolute Gasteiger partial charge is 0.294 e. The highest BCUT2D eigenvalue weighted by Crippen LogP contribution is 2.25. The van der Waals surface area contributed by atoms with Gasteiger partial charge in [0.05, 0.1) is 28.4 Å². The molecule has 0 saturated carbocycles. The fourth-order valence-electron chi connectivity index (χ4n) is 2.69. The average molecular weight is 357 g/mol. The van der Waals surface area contributed by atoms with Crippen molar-refractivity contribution >= 4 is 27.7 Å². The maximum absolute atomic E-state index is 11.9. The number of carbonyl (C=O) groups excluding carboxylic acids is 2. The number of rotatable bonds is 5. The quantitative estimate of drug-likeness (QED) is 0.811. The number of aromatic nitrogens is 2. The molecule has 0 aromatic carbocycles. The minimum atomic E-state index is -0.264. The summed E-state index contributed by atoms with van der Waals surface area (Å²) in [5.41, 5.74) is 2.03. The van der Waals surface area contributed by atoms with Crippen LogP contribution in [0, 0.1) is 0 Å². The van der Waals surface area contributed by atoms with Crippen LogP contribution in [0.5, 0.6) is 0 Å². The molecule has 21 heavy (non-hydrogen) atoms. The van der Waals surface area contributed by atoms with E-state index in [0.29, 0.717) is 13.0 Å². The van der Waals surface area contributed by atoms with Crippen LogP contribution in [-0.2, 0) is 29.1 Å². The molecule has 2 heterocycles. The zero-order valence-electron chi connectivity index (χ0n) is 12.6. The molecule has 0 aliphatic carbocycles. The second-order valence-corrected chi connectivity index (χ2v) is 5.91. The molecular weight excluding hydrogens is 336 g/mol. The van der Waals surface area contributed by atoms with E-state index in [-0.39, 0.29) is 24.4 Å². The van der Waals surface area contributed by atoms with Gasteiger partial charge in [-0.2, -0.15) is 5.10 Å². The standard InChI is InChI=1S/C14H21BrN4O2/c1-4-9-13(15)11(19(6-3)17-9)7-18-8-12(20)16-14(21)10(18)5-2/h10H,4-8H2,1-3H3,(H,16,20,21). The van der Waals surface area contributed by atoms with Crippen molar-refractivity contribution in [1.82, 2.24) is 20.0 Å². The fraction of sp³-hybridized carbons (Fsp3) is 0.643. The van der Waals surface area contributed by atoms with Crippen molar-refractivity contribution in [3.63, 3.8) is 0 Å². The molecule has 0 radical (unpaired) electrons. The van der Waals surface area contributed by atoms with Crippen LogP contribution < -0.4 is 5.32 Å². The van der Waals surface area contributed by atoms with Crippen molar-refractivity contribution in [3.8, 4) is 0 Å². The molecule has 6 nitrogen and oxygen atoms in total. The van der Waals surface area contributed by atoms with Crippen molar-refractivity contribution < 1.29 is 9.59 Å². The summed E-state index contributed by atoms with van der Waals surface area (Å²) in [6.45, 7) is 7.60. The van der Waals surface area contributed by atoms with Gasteiger partial charge in [-0.05, 0) is 35.7 Å². The second-order valence-electron chi connectivity index (χ2n) is 5.12. The normalized spacial score (nSPS) is 19.9.